The van der Waals surface area contributed by atoms with Crippen LogP contribution < -0.4 is 10.5 Å². The molecule has 0 spiro atoms. The summed E-state index contributed by atoms with van der Waals surface area (Å²) in [6, 6.07) is 9.69. The number of amides is 1. The van der Waals surface area contributed by atoms with Crippen molar-refractivity contribution < 1.29 is 9.53 Å². The van der Waals surface area contributed by atoms with E-state index in [2.05, 4.69) is 0 Å². The standard InChI is InChI=1S/C14H22N2O2/c1-16(14(17)9-5-10-15)11-6-12-18-13-7-3-2-4-8-13/h2-4,7-8H,5-6,9-12,15H2,1H3. The summed E-state index contributed by atoms with van der Waals surface area (Å²) in [5, 5.41) is 0. The second-order valence-electron chi connectivity index (χ2n) is 4.22. The molecule has 1 aromatic rings. The van der Waals surface area contributed by atoms with E-state index in [4.69, 9.17) is 10.5 Å². The molecule has 18 heavy (non-hydrogen) atoms. The molecule has 1 aromatic carbocycles. The quantitative estimate of drug-likeness (QED) is 0.714. The highest BCUT2D eigenvalue weighted by Gasteiger charge is 2.07. The Kier molecular flexibility index (Phi) is 6.87. The number of nitrogens with zero attached hydrogens (tertiary/aromatic N) is 1. The highest BCUT2D eigenvalue weighted by molar-refractivity contribution is 5.75. The van der Waals surface area contributed by atoms with E-state index >= 15 is 0 Å². The molecular formula is C14H22N2O2. The minimum atomic E-state index is 0.153. The first-order valence-electron chi connectivity index (χ1n) is 6.36. The van der Waals surface area contributed by atoms with E-state index in [-0.39, 0.29) is 5.91 Å². The molecule has 0 aliphatic rings. The van der Waals surface area contributed by atoms with Crippen molar-refractivity contribution in [1.29, 1.82) is 0 Å². The van der Waals surface area contributed by atoms with Crippen LogP contribution in [0.15, 0.2) is 30.3 Å². The van der Waals surface area contributed by atoms with Crippen molar-refractivity contribution in [2.75, 3.05) is 26.7 Å². The maximum absolute atomic E-state index is 11.6. The Morgan fingerprint density at radius 2 is 2.00 bits per heavy atom. The summed E-state index contributed by atoms with van der Waals surface area (Å²) < 4.78 is 5.56. The van der Waals surface area contributed by atoms with Gasteiger partial charge in [0.1, 0.15) is 5.75 Å². The van der Waals surface area contributed by atoms with Crippen molar-refractivity contribution in [2.45, 2.75) is 19.3 Å². The van der Waals surface area contributed by atoms with Crippen molar-refractivity contribution in [1.82, 2.24) is 4.90 Å². The molecule has 0 heterocycles. The fourth-order valence-electron chi connectivity index (χ4n) is 1.58. The van der Waals surface area contributed by atoms with Gasteiger partial charge in [0.25, 0.3) is 0 Å². The van der Waals surface area contributed by atoms with Crippen LogP contribution in [0, 0.1) is 0 Å². The predicted octanol–water partition coefficient (Wildman–Crippen LogP) is 1.65. The SMILES string of the molecule is CN(CCCOc1ccccc1)C(=O)CCCN. The molecule has 0 radical (unpaired) electrons. The van der Waals surface area contributed by atoms with Crippen LogP contribution in [-0.2, 0) is 4.79 Å². The molecule has 0 saturated heterocycles. The summed E-state index contributed by atoms with van der Waals surface area (Å²) in [6.07, 6.45) is 2.12. The smallest absolute Gasteiger partial charge is 0.222 e. The van der Waals surface area contributed by atoms with Crippen LogP contribution >= 0.6 is 0 Å². The molecule has 4 heteroatoms. The second kappa shape index (κ2) is 8.53. The van der Waals surface area contributed by atoms with Gasteiger partial charge in [-0.15, -0.1) is 0 Å². The van der Waals surface area contributed by atoms with Crippen LogP contribution in [0.1, 0.15) is 19.3 Å². The predicted molar refractivity (Wildman–Crippen MR) is 72.5 cm³/mol. The first-order valence-corrected chi connectivity index (χ1v) is 6.36. The van der Waals surface area contributed by atoms with E-state index in [9.17, 15) is 4.79 Å². The van der Waals surface area contributed by atoms with E-state index in [0.29, 0.717) is 19.6 Å². The lowest BCUT2D eigenvalue weighted by atomic mass is 10.2. The molecule has 0 atom stereocenters. The van der Waals surface area contributed by atoms with Gasteiger partial charge >= 0.3 is 0 Å². The zero-order chi connectivity index (χ0) is 13.2. The number of hydrogen-bond donors (Lipinski definition) is 1. The monoisotopic (exact) mass is 250 g/mol. The maximum atomic E-state index is 11.6. The minimum absolute atomic E-state index is 0.153. The Labute approximate surface area is 109 Å². The summed E-state index contributed by atoms with van der Waals surface area (Å²) in [4.78, 5) is 13.3. The second-order valence-corrected chi connectivity index (χ2v) is 4.22. The largest absolute Gasteiger partial charge is 0.494 e. The summed E-state index contributed by atoms with van der Waals surface area (Å²) in [6.45, 7) is 1.91. The molecule has 4 nitrogen and oxygen atoms in total. The van der Waals surface area contributed by atoms with Gasteiger partial charge in [0.05, 0.1) is 6.61 Å². The summed E-state index contributed by atoms with van der Waals surface area (Å²) in [5.74, 6) is 1.02. The number of para-hydroxylation sites is 1. The maximum Gasteiger partial charge on any atom is 0.222 e. The Morgan fingerprint density at radius 3 is 2.67 bits per heavy atom. The minimum Gasteiger partial charge on any atom is -0.494 e. The van der Waals surface area contributed by atoms with Crippen LogP contribution in [0.4, 0.5) is 0 Å². The van der Waals surface area contributed by atoms with Crippen molar-refractivity contribution in [3.63, 3.8) is 0 Å². The molecule has 0 bridgehead atoms. The number of rotatable bonds is 8. The van der Waals surface area contributed by atoms with Crippen LogP contribution in [0.2, 0.25) is 0 Å². The van der Waals surface area contributed by atoms with Crippen LogP contribution in [0.5, 0.6) is 5.75 Å². The van der Waals surface area contributed by atoms with Gasteiger partial charge in [-0.3, -0.25) is 4.79 Å². The molecular weight excluding hydrogens is 228 g/mol. The highest BCUT2D eigenvalue weighted by Crippen LogP contribution is 2.08. The molecule has 1 rings (SSSR count). The Balaban J connectivity index is 2.12. The average Bonchev–Trinajstić information content (AvgIpc) is 2.41. The van der Waals surface area contributed by atoms with Gasteiger partial charge in [-0.1, -0.05) is 18.2 Å². The number of nitrogens with two attached hydrogens (primary N) is 1. The summed E-state index contributed by atoms with van der Waals surface area (Å²) in [7, 11) is 1.82. The van der Waals surface area contributed by atoms with E-state index in [1.165, 1.54) is 0 Å². The van der Waals surface area contributed by atoms with E-state index in [1.807, 2.05) is 37.4 Å². The third kappa shape index (κ3) is 5.68. The topological polar surface area (TPSA) is 55.6 Å². The highest BCUT2D eigenvalue weighted by atomic mass is 16.5. The zero-order valence-corrected chi connectivity index (χ0v) is 11.0. The number of carbonyl (C=O) groups is 1. The number of hydrogen-bond acceptors (Lipinski definition) is 3. The Hall–Kier alpha value is -1.55. The Bertz CT molecular complexity index is 341. The first-order chi connectivity index (χ1) is 8.74. The zero-order valence-electron chi connectivity index (χ0n) is 11.0. The van der Waals surface area contributed by atoms with Gasteiger partial charge in [0, 0.05) is 20.0 Å². The van der Waals surface area contributed by atoms with Crippen molar-refractivity contribution in [3.8, 4) is 5.75 Å². The van der Waals surface area contributed by atoms with Gasteiger partial charge in [0.2, 0.25) is 5.91 Å². The van der Waals surface area contributed by atoms with Gasteiger partial charge in [-0.25, -0.2) is 0 Å². The lowest BCUT2D eigenvalue weighted by Gasteiger charge is -2.17. The molecule has 0 saturated carbocycles. The van der Waals surface area contributed by atoms with Crippen molar-refractivity contribution >= 4 is 5.91 Å². The Morgan fingerprint density at radius 1 is 1.28 bits per heavy atom. The van der Waals surface area contributed by atoms with Gasteiger partial charge in [-0.05, 0) is 31.5 Å². The molecule has 0 aliphatic heterocycles. The lowest BCUT2D eigenvalue weighted by Crippen LogP contribution is -2.28. The molecule has 100 valence electrons. The van der Waals surface area contributed by atoms with Crippen LogP contribution in [0.3, 0.4) is 0 Å². The average molecular weight is 250 g/mol. The summed E-state index contributed by atoms with van der Waals surface area (Å²) >= 11 is 0. The molecule has 0 aliphatic carbocycles. The van der Waals surface area contributed by atoms with E-state index < -0.39 is 0 Å². The van der Waals surface area contributed by atoms with E-state index in [1.54, 1.807) is 4.90 Å². The fourth-order valence-corrected chi connectivity index (χ4v) is 1.58. The normalized spacial score (nSPS) is 10.1. The van der Waals surface area contributed by atoms with Crippen LogP contribution in [-0.4, -0.2) is 37.6 Å². The van der Waals surface area contributed by atoms with Gasteiger partial charge < -0.3 is 15.4 Å². The van der Waals surface area contributed by atoms with Crippen molar-refractivity contribution in [2.24, 2.45) is 5.73 Å². The lowest BCUT2D eigenvalue weighted by molar-refractivity contribution is -0.130. The number of benzene rings is 1. The number of ether oxygens (including phenoxy) is 1. The van der Waals surface area contributed by atoms with Crippen molar-refractivity contribution in [3.05, 3.63) is 30.3 Å². The number of carbonyl (C=O) groups excluding carboxylic acids is 1. The molecule has 0 fully saturated rings. The molecule has 0 aromatic heterocycles. The molecule has 1 amide bonds. The third-order valence-electron chi connectivity index (χ3n) is 2.67. The van der Waals surface area contributed by atoms with Gasteiger partial charge in [0.15, 0.2) is 0 Å². The summed E-state index contributed by atoms with van der Waals surface area (Å²) in [5.41, 5.74) is 5.37. The van der Waals surface area contributed by atoms with Gasteiger partial charge in [-0.2, -0.15) is 0 Å². The third-order valence-corrected chi connectivity index (χ3v) is 2.67. The molecule has 0 unspecified atom stereocenters. The van der Waals surface area contributed by atoms with E-state index in [0.717, 1.165) is 25.1 Å². The van der Waals surface area contributed by atoms with Crippen LogP contribution in [0.25, 0.3) is 0 Å². The molecule has 2 N–H and O–H groups in total. The fraction of sp³-hybridized carbons (Fsp3) is 0.500. The first kappa shape index (κ1) is 14.5.